The Bertz CT molecular complexity index is 411. The summed E-state index contributed by atoms with van der Waals surface area (Å²) in [5, 5.41) is 18.7. The van der Waals surface area contributed by atoms with Crippen LogP contribution < -0.4 is 5.73 Å². The van der Waals surface area contributed by atoms with E-state index >= 15 is 0 Å². The van der Waals surface area contributed by atoms with E-state index < -0.39 is 11.1 Å². The van der Waals surface area contributed by atoms with Crippen molar-refractivity contribution >= 4 is 22.9 Å². The molecule has 0 aliphatic heterocycles. The van der Waals surface area contributed by atoms with Crippen LogP contribution in [0, 0.1) is 0 Å². The fourth-order valence-electron chi connectivity index (χ4n) is 2.40. The third-order valence-electron chi connectivity index (χ3n) is 4.10. The van der Waals surface area contributed by atoms with E-state index in [-0.39, 0.29) is 6.61 Å². The second-order valence-electron chi connectivity index (χ2n) is 6.11. The fraction of sp³-hybridized carbons (Fsp3) is 0.765. The molecule has 3 nitrogen and oxygen atoms in total. The second kappa shape index (κ2) is 10.6. The Morgan fingerprint density at radius 1 is 1.14 bits per heavy atom. The van der Waals surface area contributed by atoms with E-state index in [2.05, 4.69) is 19.1 Å². The number of aliphatic hydroxyl groups excluding tert-OH is 2. The first-order valence-corrected chi connectivity index (χ1v) is 9.56. The highest BCUT2D eigenvalue weighted by atomic mass is 35.5. The smallest absolute Gasteiger partial charge is 0.148 e. The van der Waals surface area contributed by atoms with Crippen LogP contribution in [0.5, 0.6) is 0 Å². The van der Waals surface area contributed by atoms with Gasteiger partial charge in [-0.3, -0.25) is 0 Å². The Kier molecular flexibility index (Phi) is 9.60. The van der Waals surface area contributed by atoms with Crippen molar-refractivity contribution in [1.82, 2.24) is 0 Å². The number of thiophene rings is 1. The zero-order valence-electron chi connectivity index (χ0n) is 13.6. The van der Waals surface area contributed by atoms with E-state index in [9.17, 15) is 10.2 Å². The molecule has 2 unspecified atom stereocenters. The molecule has 0 saturated heterocycles. The fourth-order valence-corrected chi connectivity index (χ4v) is 3.64. The van der Waals surface area contributed by atoms with E-state index in [4.69, 9.17) is 17.3 Å². The lowest BCUT2D eigenvalue weighted by Crippen LogP contribution is -2.52. The Morgan fingerprint density at radius 2 is 1.73 bits per heavy atom. The van der Waals surface area contributed by atoms with Crippen LogP contribution in [0.25, 0.3) is 0 Å². The predicted molar refractivity (Wildman–Crippen MR) is 95.6 cm³/mol. The topological polar surface area (TPSA) is 66.5 Å². The predicted octanol–water partition coefficient (Wildman–Crippen LogP) is 3.83. The number of alkyl halides is 1. The van der Waals surface area contributed by atoms with Gasteiger partial charge in [-0.25, -0.2) is 0 Å². The van der Waals surface area contributed by atoms with E-state index in [0.29, 0.717) is 6.42 Å². The van der Waals surface area contributed by atoms with Gasteiger partial charge in [0.05, 0.1) is 12.1 Å². The Morgan fingerprint density at radius 3 is 2.32 bits per heavy atom. The van der Waals surface area contributed by atoms with Gasteiger partial charge in [0.15, 0.2) is 0 Å². The maximum atomic E-state index is 9.44. The number of halogens is 1. The minimum atomic E-state index is -1.22. The molecule has 4 N–H and O–H groups in total. The van der Waals surface area contributed by atoms with Gasteiger partial charge in [0.25, 0.3) is 0 Å². The van der Waals surface area contributed by atoms with E-state index in [0.717, 1.165) is 12.8 Å². The van der Waals surface area contributed by atoms with Crippen molar-refractivity contribution in [3.05, 3.63) is 21.9 Å². The zero-order chi connectivity index (χ0) is 16.4. The minimum absolute atomic E-state index is 0.312. The lowest BCUT2D eigenvalue weighted by molar-refractivity contribution is 0.0888. The maximum absolute atomic E-state index is 9.44. The molecular formula is C17H30ClNO2S. The van der Waals surface area contributed by atoms with Crippen molar-refractivity contribution in [1.29, 1.82) is 0 Å². The summed E-state index contributed by atoms with van der Waals surface area (Å²) in [6.07, 6.45) is 10.3. The van der Waals surface area contributed by atoms with Gasteiger partial charge in [-0.1, -0.05) is 50.6 Å². The molecule has 1 aromatic heterocycles. The third kappa shape index (κ3) is 6.97. The SMILES string of the molecule is CCCCCCCCc1ccc(CCC(N)(CO)C(O)Cl)s1. The van der Waals surface area contributed by atoms with Crippen LogP contribution in [0.2, 0.25) is 0 Å². The number of unbranched alkanes of at least 4 members (excludes halogenated alkanes) is 5. The Hall–Kier alpha value is -0.130. The van der Waals surface area contributed by atoms with Crippen molar-refractivity contribution in [2.24, 2.45) is 5.73 Å². The summed E-state index contributed by atoms with van der Waals surface area (Å²) >= 11 is 7.45. The van der Waals surface area contributed by atoms with E-state index in [1.54, 1.807) is 11.3 Å². The molecular weight excluding hydrogens is 318 g/mol. The number of hydrogen-bond donors (Lipinski definition) is 3. The van der Waals surface area contributed by atoms with Crippen molar-refractivity contribution in [3.8, 4) is 0 Å². The first kappa shape index (κ1) is 19.9. The highest BCUT2D eigenvalue weighted by Gasteiger charge is 2.31. The van der Waals surface area contributed by atoms with Crippen LogP contribution in [0.1, 0.15) is 61.6 Å². The molecule has 0 saturated carbocycles. The van der Waals surface area contributed by atoms with Crippen LogP contribution in [-0.2, 0) is 12.8 Å². The first-order valence-electron chi connectivity index (χ1n) is 8.31. The maximum Gasteiger partial charge on any atom is 0.148 e. The molecule has 5 heteroatoms. The van der Waals surface area contributed by atoms with Gasteiger partial charge in [0, 0.05) is 9.75 Å². The van der Waals surface area contributed by atoms with Crippen molar-refractivity contribution in [2.45, 2.75) is 75.8 Å². The highest BCUT2D eigenvalue weighted by Crippen LogP contribution is 2.24. The normalized spacial score (nSPS) is 15.7. The number of aryl methyl sites for hydroxylation is 2. The van der Waals surface area contributed by atoms with E-state index in [1.165, 1.54) is 48.3 Å². The van der Waals surface area contributed by atoms with Gasteiger partial charge in [-0.05, 0) is 37.8 Å². The van der Waals surface area contributed by atoms with Gasteiger partial charge >= 0.3 is 0 Å². The van der Waals surface area contributed by atoms with Crippen LogP contribution in [0.15, 0.2) is 12.1 Å². The largest absolute Gasteiger partial charge is 0.394 e. The van der Waals surface area contributed by atoms with Crippen molar-refractivity contribution in [2.75, 3.05) is 6.61 Å². The number of aliphatic hydroxyl groups is 2. The molecule has 128 valence electrons. The Labute approximate surface area is 143 Å². The van der Waals surface area contributed by atoms with E-state index in [1.807, 2.05) is 0 Å². The van der Waals surface area contributed by atoms with Crippen LogP contribution in [0.3, 0.4) is 0 Å². The van der Waals surface area contributed by atoms with Crippen LogP contribution in [-0.4, -0.2) is 27.9 Å². The summed E-state index contributed by atoms with van der Waals surface area (Å²) in [5.41, 5.74) is 3.56. The zero-order valence-corrected chi connectivity index (χ0v) is 15.1. The van der Waals surface area contributed by atoms with Gasteiger partial charge in [-0.2, -0.15) is 0 Å². The summed E-state index contributed by atoms with van der Waals surface area (Å²) in [5.74, 6) is 0. The van der Waals surface area contributed by atoms with Crippen molar-refractivity contribution < 1.29 is 10.2 Å². The molecule has 0 bridgehead atoms. The minimum Gasteiger partial charge on any atom is -0.394 e. The summed E-state index contributed by atoms with van der Waals surface area (Å²) in [6.45, 7) is 1.93. The third-order valence-corrected chi connectivity index (χ3v) is 5.74. The lowest BCUT2D eigenvalue weighted by Gasteiger charge is -2.28. The molecule has 0 fully saturated rings. The molecule has 1 rings (SSSR count). The molecule has 0 aliphatic carbocycles. The molecule has 0 spiro atoms. The van der Waals surface area contributed by atoms with Crippen molar-refractivity contribution in [3.63, 3.8) is 0 Å². The van der Waals surface area contributed by atoms with Crippen LogP contribution in [0.4, 0.5) is 0 Å². The average molecular weight is 348 g/mol. The summed E-state index contributed by atoms with van der Waals surface area (Å²) in [6, 6.07) is 4.30. The number of nitrogens with two attached hydrogens (primary N) is 1. The molecule has 22 heavy (non-hydrogen) atoms. The average Bonchev–Trinajstić information content (AvgIpc) is 2.96. The molecule has 0 aliphatic rings. The quantitative estimate of drug-likeness (QED) is 0.397. The lowest BCUT2D eigenvalue weighted by atomic mass is 9.96. The number of rotatable bonds is 12. The summed E-state index contributed by atoms with van der Waals surface area (Å²) in [4.78, 5) is 2.64. The summed E-state index contributed by atoms with van der Waals surface area (Å²) < 4.78 is 0. The monoisotopic (exact) mass is 347 g/mol. The molecule has 0 amide bonds. The van der Waals surface area contributed by atoms with Gasteiger partial charge < -0.3 is 15.9 Å². The molecule has 0 aromatic carbocycles. The highest BCUT2D eigenvalue weighted by molar-refractivity contribution is 7.11. The molecule has 1 aromatic rings. The van der Waals surface area contributed by atoms with Gasteiger partial charge in [0.2, 0.25) is 0 Å². The standard InChI is InChI=1S/C17H30ClNO2S/c1-2-3-4-5-6-7-8-14-9-10-15(22-14)11-12-17(19,13-20)16(18)21/h9-10,16,20-21H,2-8,11-13,19H2,1H3. The number of hydrogen-bond acceptors (Lipinski definition) is 4. The van der Waals surface area contributed by atoms with Gasteiger partial charge in [-0.15, -0.1) is 11.3 Å². The molecule has 0 radical (unpaired) electrons. The van der Waals surface area contributed by atoms with Crippen LogP contribution >= 0.6 is 22.9 Å². The molecule has 2 atom stereocenters. The first-order chi connectivity index (χ1) is 10.5. The summed E-state index contributed by atoms with van der Waals surface area (Å²) in [7, 11) is 0. The van der Waals surface area contributed by atoms with Gasteiger partial charge in [0.1, 0.15) is 5.56 Å². The Balaban J connectivity index is 2.29. The second-order valence-corrected chi connectivity index (χ2v) is 7.78. The molecule has 1 heterocycles.